The van der Waals surface area contributed by atoms with E-state index in [1.165, 1.54) is 6.26 Å². The van der Waals surface area contributed by atoms with Crippen LogP contribution in [0.4, 0.5) is 0 Å². The van der Waals surface area contributed by atoms with Gasteiger partial charge in [0.05, 0.1) is 17.8 Å². The minimum Gasteiger partial charge on any atom is -0.283 e. The molecule has 0 aromatic carbocycles. The van der Waals surface area contributed by atoms with Gasteiger partial charge in [0.1, 0.15) is 5.69 Å². The van der Waals surface area contributed by atoms with Crippen LogP contribution in [-0.2, 0) is 16.7 Å². The second kappa shape index (κ2) is 6.49. The fourth-order valence-electron chi connectivity index (χ4n) is 2.78. The van der Waals surface area contributed by atoms with E-state index in [1.54, 1.807) is 11.3 Å². The van der Waals surface area contributed by atoms with Crippen molar-refractivity contribution < 1.29 is 8.42 Å². The van der Waals surface area contributed by atoms with Crippen LogP contribution in [0.25, 0.3) is 10.6 Å². The van der Waals surface area contributed by atoms with Gasteiger partial charge in [-0.2, -0.15) is 5.10 Å². The van der Waals surface area contributed by atoms with Crippen LogP contribution in [-0.4, -0.2) is 48.5 Å². The molecule has 1 atom stereocenters. The Bertz CT molecular complexity index is 709. The number of rotatable bonds is 5. The topological polar surface area (TPSA) is 67.2 Å². The summed E-state index contributed by atoms with van der Waals surface area (Å²) in [5.41, 5.74) is 0.984. The molecule has 0 radical (unpaired) electrons. The van der Waals surface area contributed by atoms with Crippen LogP contribution in [0.3, 0.4) is 0 Å². The third-order valence-corrected chi connectivity index (χ3v) is 5.30. The largest absolute Gasteiger partial charge is 0.283 e. The van der Waals surface area contributed by atoms with Gasteiger partial charge in [-0.05, 0) is 30.4 Å². The zero-order chi connectivity index (χ0) is 15.6. The minimum absolute atomic E-state index is 0.00363. The molecule has 3 heterocycles. The van der Waals surface area contributed by atoms with Crippen molar-refractivity contribution in [1.82, 2.24) is 19.4 Å². The van der Waals surface area contributed by atoms with Crippen LogP contribution < -0.4 is 4.72 Å². The summed E-state index contributed by atoms with van der Waals surface area (Å²) in [6.45, 7) is 2.38. The highest BCUT2D eigenvalue weighted by atomic mass is 32.2. The van der Waals surface area contributed by atoms with E-state index in [2.05, 4.69) is 20.8 Å². The van der Waals surface area contributed by atoms with Gasteiger partial charge in [-0.15, -0.1) is 11.3 Å². The number of hydrogen-bond donors (Lipinski definition) is 1. The Labute approximate surface area is 134 Å². The standard InChI is InChI=1S/C14H20N4O2S2/c1-22(19,20)16-12-4-2-7-17(10-12)11-18-8-6-13(15-18)14-5-3-9-21-14/h3,5-6,8-9,12,16H,2,4,7,10-11H2,1H3/t12-/m0/s1. The number of aromatic nitrogens is 2. The van der Waals surface area contributed by atoms with Gasteiger partial charge in [0.15, 0.2) is 0 Å². The molecule has 3 rings (SSSR count). The summed E-state index contributed by atoms with van der Waals surface area (Å²) in [5, 5.41) is 6.64. The maximum Gasteiger partial charge on any atom is 0.208 e. The molecule has 22 heavy (non-hydrogen) atoms. The molecule has 0 saturated carbocycles. The lowest BCUT2D eigenvalue weighted by atomic mass is 10.1. The third kappa shape index (κ3) is 4.16. The van der Waals surface area contributed by atoms with E-state index in [9.17, 15) is 8.42 Å². The summed E-state index contributed by atoms with van der Waals surface area (Å²) in [4.78, 5) is 3.39. The SMILES string of the molecule is CS(=O)(=O)N[C@H]1CCCN(Cn2ccc(-c3cccs3)n2)C1. The Balaban J connectivity index is 1.61. The highest BCUT2D eigenvalue weighted by molar-refractivity contribution is 7.88. The Morgan fingerprint density at radius 3 is 3.05 bits per heavy atom. The molecular weight excluding hydrogens is 320 g/mol. The van der Waals surface area contributed by atoms with Gasteiger partial charge >= 0.3 is 0 Å². The Hall–Kier alpha value is -1.22. The van der Waals surface area contributed by atoms with Crippen LogP contribution in [0.5, 0.6) is 0 Å². The first kappa shape index (κ1) is 15.7. The second-order valence-electron chi connectivity index (χ2n) is 5.67. The van der Waals surface area contributed by atoms with Crippen molar-refractivity contribution in [2.24, 2.45) is 0 Å². The molecule has 1 saturated heterocycles. The van der Waals surface area contributed by atoms with Crippen molar-refractivity contribution >= 4 is 21.4 Å². The van der Waals surface area contributed by atoms with E-state index in [-0.39, 0.29) is 6.04 Å². The van der Waals surface area contributed by atoms with Crippen LogP contribution in [0, 0.1) is 0 Å². The number of thiophene rings is 1. The molecule has 8 heteroatoms. The zero-order valence-corrected chi connectivity index (χ0v) is 14.1. The van der Waals surface area contributed by atoms with Crippen LogP contribution >= 0.6 is 11.3 Å². The molecule has 6 nitrogen and oxygen atoms in total. The first-order valence-electron chi connectivity index (χ1n) is 7.26. The fraction of sp³-hybridized carbons (Fsp3) is 0.500. The molecule has 0 unspecified atom stereocenters. The lowest BCUT2D eigenvalue weighted by Crippen LogP contribution is -2.47. The van der Waals surface area contributed by atoms with Gasteiger partial charge in [-0.3, -0.25) is 9.58 Å². The van der Waals surface area contributed by atoms with Gasteiger partial charge < -0.3 is 0 Å². The van der Waals surface area contributed by atoms with Crippen LogP contribution in [0.15, 0.2) is 29.8 Å². The van der Waals surface area contributed by atoms with Gasteiger partial charge in [-0.25, -0.2) is 13.1 Å². The van der Waals surface area contributed by atoms with Crippen molar-refractivity contribution in [2.75, 3.05) is 19.3 Å². The van der Waals surface area contributed by atoms with Gasteiger partial charge in [0.2, 0.25) is 10.0 Å². The number of nitrogens with zero attached hydrogens (tertiary/aromatic N) is 3. The molecule has 0 amide bonds. The molecule has 1 aliphatic rings. The Morgan fingerprint density at radius 2 is 2.32 bits per heavy atom. The Kier molecular flexibility index (Phi) is 4.62. The summed E-state index contributed by atoms with van der Waals surface area (Å²) in [6, 6.07) is 6.09. The maximum absolute atomic E-state index is 11.4. The number of likely N-dealkylation sites (tertiary alicyclic amines) is 1. The fourth-order valence-corrected chi connectivity index (χ4v) is 4.27. The van der Waals surface area contributed by atoms with Gasteiger partial charge in [0.25, 0.3) is 0 Å². The summed E-state index contributed by atoms with van der Waals surface area (Å²) in [6.07, 6.45) is 5.07. The van der Waals surface area contributed by atoms with Crippen LogP contribution in [0.2, 0.25) is 0 Å². The summed E-state index contributed by atoms with van der Waals surface area (Å²) in [5.74, 6) is 0. The summed E-state index contributed by atoms with van der Waals surface area (Å²) >= 11 is 1.68. The van der Waals surface area contributed by atoms with E-state index >= 15 is 0 Å². The third-order valence-electron chi connectivity index (χ3n) is 3.65. The first-order chi connectivity index (χ1) is 10.5. The zero-order valence-electron chi connectivity index (χ0n) is 12.5. The normalized spacial score (nSPS) is 20.3. The molecule has 0 spiro atoms. The second-order valence-corrected chi connectivity index (χ2v) is 8.39. The van der Waals surface area contributed by atoms with Crippen LogP contribution in [0.1, 0.15) is 12.8 Å². The highest BCUT2D eigenvalue weighted by Crippen LogP contribution is 2.22. The quantitative estimate of drug-likeness (QED) is 0.897. The lowest BCUT2D eigenvalue weighted by molar-refractivity contribution is 0.154. The van der Waals surface area contributed by atoms with Crippen molar-refractivity contribution in [1.29, 1.82) is 0 Å². The van der Waals surface area contributed by atoms with Crippen molar-refractivity contribution in [3.63, 3.8) is 0 Å². The van der Waals surface area contributed by atoms with E-state index in [0.29, 0.717) is 6.67 Å². The summed E-state index contributed by atoms with van der Waals surface area (Å²) in [7, 11) is -3.14. The van der Waals surface area contributed by atoms with Crippen molar-refractivity contribution in [3.05, 3.63) is 29.8 Å². The average Bonchev–Trinajstić information content (AvgIpc) is 3.07. The first-order valence-corrected chi connectivity index (χ1v) is 10.0. The van der Waals surface area contributed by atoms with E-state index in [1.807, 2.05) is 28.4 Å². The summed E-state index contributed by atoms with van der Waals surface area (Å²) < 4.78 is 27.3. The van der Waals surface area contributed by atoms with Crippen molar-refractivity contribution in [2.45, 2.75) is 25.6 Å². The minimum atomic E-state index is -3.14. The molecule has 120 valence electrons. The smallest absolute Gasteiger partial charge is 0.208 e. The molecular formula is C14H20N4O2S2. The molecule has 1 aliphatic heterocycles. The van der Waals surface area contributed by atoms with Crippen molar-refractivity contribution in [3.8, 4) is 10.6 Å². The lowest BCUT2D eigenvalue weighted by Gasteiger charge is -2.32. The van der Waals surface area contributed by atoms with Gasteiger partial charge in [-0.1, -0.05) is 6.07 Å². The molecule has 0 bridgehead atoms. The highest BCUT2D eigenvalue weighted by Gasteiger charge is 2.22. The van der Waals surface area contributed by atoms with E-state index in [0.717, 1.165) is 36.5 Å². The van der Waals surface area contributed by atoms with E-state index in [4.69, 9.17) is 0 Å². The predicted octanol–water partition coefficient (Wildman–Crippen LogP) is 1.58. The number of hydrogen-bond acceptors (Lipinski definition) is 5. The molecule has 0 aliphatic carbocycles. The maximum atomic E-state index is 11.4. The number of nitrogens with one attached hydrogen (secondary N) is 1. The molecule has 2 aromatic heterocycles. The Morgan fingerprint density at radius 1 is 1.45 bits per heavy atom. The number of sulfonamides is 1. The molecule has 1 fully saturated rings. The van der Waals surface area contributed by atoms with Gasteiger partial charge in [0, 0.05) is 25.3 Å². The van der Waals surface area contributed by atoms with E-state index < -0.39 is 10.0 Å². The number of piperidine rings is 1. The molecule has 2 aromatic rings. The average molecular weight is 340 g/mol. The predicted molar refractivity (Wildman–Crippen MR) is 88.1 cm³/mol. The molecule has 1 N–H and O–H groups in total. The monoisotopic (exact) mass is 340 g/mol.